The Kier molecular flexibility index (Phi) is 16.4. The predicted octanol–water partition coefficient (Wildman–Crippen LogP) is 0.597. The zero-order valence-electron chi connectivity index (χ0n) is 16.7. The van der Waals surface area contributed by atoms with E-state index in [1.165, 1.54) is 0 Å². The van der Waals surface area contributed by atoms with Crippen molar-refractivity contribution in [2.75, 3.05) is 65.9 Å². The van der Waals surface area contributed by atoms with Crippen LogP contribution in [0.25, 0.3) is 0 Å². The maximum absolute atomic E-state index is 11.3. The molecule has 0 aliphatic carbocycles. The molecule has 0 saturated carbocycles. The van der Waals surface area contributed by atoms with Crippen LogP contribution in [0.5, 0.6) is 0 Å². The first-order chi connectivity index (χ1) is 12.4. The molecule has 0 bridgehead atoms. The summed E-state index contributed by atoms with van der Waals surface area (Å²) in [7, 11) is 0. The van der Waals surface area contributed by atoms with Gasteiger partial charge in [-0.25, -0.2) is 0 Å². The Labute approximate surface area is 157 Å². The van der Waals surface area contributed by atoms with Crippen LogP contribution in [0, 0.1) is 11.8 Å². The smallest absolute Gasteiger partial charge is 0.222 e. The molecule has 0 spiro atoms. The van der Waals surface area contributed by atoms with Crippen molar-refractivity contribution in [2.24, 2.45) is 11.8 Å². The van der Waals surface area contributed by atoms with E-state index < -0.39 is 0 Å². The van der Waals surface area contributed by atoms with E-state index in [0.717, 1.165) is 0 Å². The van der Waals surface area contributed by atoms with E-state index in [-0.39, 0.29) is 23.7 Å². The molecule has 0 aliphatic heterocycles. The molecule has 0 fully saturated rings. The van der Waals surface area contributed by atoms with Gasteiger partial charge < -0.3 is 29.6 Å². The minimum atomic E-state index is -0.00511. The summed E-state index contributed by atoms with van der Waals surface area (Å²) in [5, 5.41) is 5.56. The quantitative estimate of drug-likeness (QED) is 0.361. The lowest BCUT2D eigenvalue weighted by atomic mass is 10.2. The molecule has 154 valence electrons. The summed E-state index contributed by atoms with van der Waals surface area (Å²) >= 11 is 0. The Morgan fingerprint density at radius 2 is 0.846 bits per heavy atom. The van der Waals surface area contributed by atoms with Gasteiger partial charge in [-0.05, 0) is 0 Å². The largest absolute Gasteiger partial charge is 0.377 e. The van der Waals surface area contributed by atoms with Crippen molar-refractivity contribution in [1.82, 2.24) is 10.6 Å². The average Bonchev–Trinajstić information content (AvgIpc) is 2.60. The third kappa shape index (κ3) is 16.3. The summed E-state index contributed by atoms with van der Waals surface area (Å²) in [5.41, 5.74) is 0. The van der Waals surface area contributed by atoms with Crippen LogP contribution in [0.2, 0.25) is 0 Å². The van der Waals surface area contributed by atoms with Gasteiger partial charge in [0, 0.05) is 24.9 Å². The van der Waals surface area contributed by atoms with Crippen LogP contribution in [0.3, 0.4) is 0 Å². The third-order valence-electron chi connectivity index (χ3n) is 3.26. The van der Waals surface area contributed by atoms with Crippen LogP contribution in [-0.2, 0) is 28.5 Å². The van der Waals surface area contributed by atoms with Crippen molar-refractivity contribution >= 4 is 11.8 Å². The van der Waals surface area contributed by atoms with Crippen molar-refractivity contribution in [2.45, 2.75) is 27.7 Å². The maximum atomic E-state index is 11.3. The summed E-state index contributed by atoms with van der Waals surface area (Å²) < 4.78 is 21.4. The molecule has 2 amide bonds. The topological polar surface area (TPSA) is 95.1 Å². The van der Waals surface area contributed by atoms with Gasteiger partial charge >= 0.3 is 0 Å². The number of ether oxygens (including phenoxy) is 4. The molecule has 8 nitrogen and oxygen atoms in total. The SMILES string of the molecule is CC(C)C(=O)NCCOCCOCCOCCOCCNC(=O)C(C)C. The Morgan fingerprint density at radius 3 is 1.12 bits per heavy atom. The van der Waals surface area contributed by atoms with E-state index in [1.807, 2.05) is 27.7 Å². The lowest BCUT2D eigenvalue weighted by Gasteiger charge is -2.09. The number of amides is 2. The molecule has 0 atom stereocenters. The fraction of sp³-hybridized carbons (Fsp3) is 0.889. The van der Waals surface area contributed by atoms with Gasteiger partial charge in [0.15, 0.2) is 0 Å². The normalized spacial score (nSPS) is 11.2. The van der Waals surface area contributed by atoms with Crippen LogP contribution in [0.4, 0.5) is 0 Å². The fourth-order valence-electron chi connectivity index (χ4n) is 1.66. The fourth-order valence-corrected chi connectivity index (χ4v) is 1.66. The van der Waals surface area contributed by atoms with Crippen LogP contribution >= 0.6 is 0 Å². The minimum Gasteiger partial charge on any atom is -0.377 e. The highest BCUT2D eigenvalue weighted by Gasteiger charge is 2.05. The summed E-state index contributed by atoms with van der Waals surface area (Å²) in [6.07, 6.45) is 0. The summed E-state index contributed by atoms with van der Waals surface area (Å²) in [5.74, 6) is 0.0570. The number of hydrogen-bond donors (Lipinski definition) is 2. The zero-order chi connectivity index (χ0) is 19.6. The highest BCUT2D eigenvalue weighted by atomic mass is 16.6. The second-order valence-electron chi connectivity index (χ2n) is 6.34. The number of nitrogens with one attached hydrogen (secondary N) is 2. The third-order valence-corrected chi connectivity index (χ3v) is 3.26. The van der Waals surface area contributed by atoms with Gasteiger partial charge in [0.05, 0.1) is 52.9 Å². The molecule has 0 rings (SSSR count). The van der Waals surface area contributed by atoms with Gasteiger partial charge in [-0.15, -0.1) is 0 Å². The molecule has 26 heavy (non-hydrogen) atoms. The van der Waals surface area contributed by atoms with Gasteiger partial charge in [0.25, 0.3) is 0 Å². The van der Waals surface area contributed by atoms with E-state index >= 15 is 0 Å². The van der Waals surface area contributed by atoms with Gasteiger partial charge in [0.2, 0.25) is 11.8 Å². The maximum Gasteiger partial charge on any atom is 0.222 e. The van der Waals surface area contributed by atoms with Crippen LogP contribution in [0.15, 0.2) is 0 Å². The molecule has 0 aromatic carbocycles. The number of carbonyl (C=O) groups is 2. The van der Waals surface area contributed by atoms with Crippen LogP contribution in [0.1, 0.15) is 27.7 Å². The minimum absolute atomic E-state index is 0.00511. The number of carbonyl (C=O) groups excluding carboxylic acids is 2. The summed E-state index contributed by atoms with van der Waals surface area (Å²) in [6, 6.07) is 0. The van der Waals surface area contributed by atoms with Crippen LogP contribution in [-0.4, -0.2) is 77.8 Å². The Morgan fingerprint density at radius 1 is 0.577 bits per heavy atom. The lowest BCUT2D eigenvalue weighted by Crippen LogP contribution is -2.31. The second kappa shape index (κ2) is 17.2. The average molecular weight is 376 g/mol. The first-order valence-corrected chi connectivity index (χ1v) is 9.31. The van der Waals surface area contributed by atoms with Crippen molar-refractivity contribution in [1.29, 1.82) is 0 Å². The second-order valence-corrected chi connectivity index (χ2v) is 6.34. The monoisotopic (exact) mass is 376 g/mol. The van der Waals surface area contributed by atoms with Crippen molar-refractivity contribution < 1.29 is 28.5 Å². The van der Waals surface area contributed by atoms with E-state index in [1.54, 1.807) is 0 Å². The number of rotatable bonds is 17. The molecule has 2 N–H and O–H groups in total. The first-order valence-electron chi connectivity index (χ1n) is 9.31. The molecular weight excluding hydrogens is 340 g/mol. The number of hydrogen-bond acceptors (Lipinski definition) is 6. The molecule has 0 radical (unpaired) electrons. The first kappa shape index (κ1) is 24.8. The molecular formula is C18H36N2O6. The van der Waals surface area contributed by atoms with Gasteiger partial charge in [-0.3, -0.25) is 9.59 Å². The van der Waals surface area contributed by atoms with E-state index in [0.29, 0.717) is 65.9 Å². The van der Waals surface area contributed by atoms with E-state index in [4.69, 9.17) is 18.9 Å². The molecule has 8 heteroatoms. The van der Waals surface area contributed by atoms with Gasteiger partial charge in [-0.1, -0.05) is 27.7 Å². The molecule has 0 aliphatic rings. The highest BCUT2D eigenvalue weighted by molar-refractivity contribution is 5.78. The Bertz CT molecular complexity index is 330. The van der Waals surface area contributed by atoms with Crippen molar-refractivity contribution in [3.8, 4) is 0 Å². The van der Waals surface area contributed by atoms with E-state index in [2.05, 4.69) is 10.6 Å². The summed E-state index contributed by atoms with van der Waals surface area (Å²) in [6.45, 7) is 12.4. The molecule has 0 aromatic heterocycles. The predicted molar refractivity (Wildman–Crippen MR) is 99.0 cm³/mol. The summed E-state index contributed by atoms with van der Waals surface area (Å²) in [4.78, 5) is 22.6. The molecule has 0 unspecified atom stereocenters. The van der Waals surface area contributed by atoms with Gasteiger partial charge in [0.1, 0.15) is 0 Å². The zero-order valence-corrected chi connectivity index (χ0v) is 16.7. The molecule has 0 heterocycles. The van der Waals surface area contributed by atoms with Crippen LogP contribution < -0.4 is 10.6 Å². The van der Waals surface area contributed by atoms with Crippen molar-refractivity contribution in [3.05, 3.63) is 0 Å². The highest BCUT2D eigenvalue weighted by Crippen LogP contribution is 1.90. The van der Waals surface area contributed by atoms with Crippen molar-refractivity contribution in [3.63, 3.8) is 0 Å². The Balaban J connectivity index is 3.14. The standard InChI is InChI=1S/C18H36N2O6/c1-15(2)17(21)19-5-7-23-9-11-25-13-14-26-12-10-24-8-6-20-18(22)16(3)4/h15-16H,5-14H2,1-4H3,(H,19,21)(H,20,22). The molecule has 0 aromatic rings. The molecule has 0 saturated heterocycles. The lowest BCUT2D eigenvalue weighted by molar-refractivity contribution is -0.125. The van der Waals surface area contributed by atoms with E-state index in [9.17, 15) is 9.59 Å². The Hall–Kier alpha value is -1.22. The van der Waals surface area contributed by atoms with Gasteiger partial charge in [-0.2, -0.15) is 0 Å².